The molecule has 250 valence electrons. The first kappa shape index (κ1) is 31.7. The zero-order chi connectivity index (χ0) is 33.0. The molecule has 1 aliphatic carbocycles. The molecule has 0 unspecified atom stereocenters. The molecular weight excluding hydrogens is 733 g/mol. The van der Waals surface area contributed by atoms with Gasteiger partial charge in [0.1, 0.15) is 40.6 Å². The number of benzene rings is 2. The number of hydrogen-bond donors (Lipinski definition) is 2. The van der Waals surface area contributed by atoms with E-state index in [1.165, 1.54) is 24.3 Å². The zero-order valence-electron chi connectivity index (χ0n) is 26.3. The Labute approximate surface area is 290 Å². The zero-order valence-corrected chi connectivity index (χ0v) is 28.4. The van der Waals surface area contributed by atoms with Crippen LogP contribution in [-0.2, 0) is 4.74 Å². The maximum atomic E-state index is 17.0. The Kier molecular flexibility index (Phi) is 8.38. The number of rotatable bonds is 7. The number of anilines is 1. The summed E-state index contributed by atoms with van der Waals surface area (Å²) in [5.41, 5.74) is -0.132. The van der Waals surface area contributed by atoms with Crippen molar-refractivity contribution in [3.8, 4) is 41.2 Å². The van der Waals surface area contributed by atoms with Crippen molar-refractivity contribution in [3.05, 3.63) is 41.5 Å². The molecule has 4 aliphatic rings. The Balaban J connectivity index is 1.26. The van der Waals surface area contributed by atoms with E-state index in [2.05, 4.69) is 53.6 Å². The molecule has 8 rings (SSSR count). The molecule has 0 bridgehead atoms. The van der Waals surface area contributed by atoms with E-state index in [4.69, 9.17) is 25.6 Å². The van der Waals surface area contributed by atoms with Crippen molar-refractivity contribution in [2.75, 3.05) is 68.5 Å². The van der Waals surface area contributed by atoms with Gasteiger partial charge in [0, 0.05) is 66.2 Å². The molecular formula is C35H35F2IN6O4. The average molecular weight is 769 g/mol. The van der Waals surface area contributed by atoms with E-state index < -0.39 is 11.6 Å². The fourth-order valence-electron chi connectivity index (χ4n) is 7.26. The molecule has 4 aromatic rings. The Morgan fingerprint density at radius 2 is 2.00 bits per heavy atom. The predicted molar refractivity (Wildman–Crippen MR) is 186 cm³/mol. The van der Waals surface area contributed by atoms with Crippen LogP contribution in [-0.4, -0.2) is 101 Å². The molecule has 13 heteroatoms. The number of terminal acetylenes is 1. The minimum atomic E-state index is -0.769. The topological polar surface area (TPSA) is 105 Å². The normalized spacial score (nSPS) is 22.0. The van der Waals surface area contributed by atoms with E-state index in [0.717, 1.165) is 56.5 Å². The second-order valence-electron chi connectivity index (χ2n) is 13.1. The van der Waals surface area contributed by atoms with Crippen LogP contribution in [0.1, 0.15) is 24.8 Å². The minimum absolute atomic E-state index is 0.0208. The number of aromatic nitrogens is 3. The summed E-state index contributed by atoms with van der Waals surface area (Å²) in [4.78, 5) is 18.8. The fourth-order valence-corrected chi connectivity index (χ4v) is 8.16. The van der Waals surface area contributed by atoms with Crippen LogP contribution in [0.25, 0.3) is 32.9 Å². The van der Waals surface area contributed by atoms with E-state index in [9.17, 15) is 9.50 Å². The van der Waals surface area contributed by atoms with Gasteiger partial charge in [-0.25, -0.2) is 13.8 Å². The number of halogens is 3. The van der Waals surface area contributed by atoms with Gasteiger partial charge in [0.05, 0.1) is 24.8 Å². The van der Waals surface area contributed by atoms with Crippen molar-refractivity contribution in [1.29, 1.82) is 0 Å². The summed E-state index contributed by atoms with van der Waals surface area (Å²) in [6.07, 6.45) is 8.80. The lowest BCUT2D eigenvalue weighted by Gasteiger charge is -2.40. The predicted octanol–water partition coefficient (Wildman–Crippen LogP) is 4.67. The van der Waals surface area contributed by atoms with Crippen LogP contribution in [0.15, 0.2) is 24.3 Å². The summed E-state index contributed by atoms with van der Waals surface area (Å²) in [5, 5.41) is 15.3. The maximum absolute atomic E-state index is 17.0. The summed E-state index contributed by atoms with van der Waals surface area (Å²) in [6.45, 7) is 6.29. The highest BCUT2D eigenvalue weighted by Crippen LogP contribution is 2.47. The van der Waals surface area contributed by atoms with Gasteiger partial charge in [-0.05, 0) is 42.8 Å². The van der Waals surface area contributed by atoms with Crippen molar-refractivity contribution >= 4 is 50.1 Å². The highest BCUT2D eigenvalue weighted by molar-refractivity contribution is 14.1. The van der Waals surface area contributed by atoms with Crippen molar-refractivity contribution in [1.82, 2.24) is 25.2 Å². The summed E-state index contributed by atoms with van der Waals surface area (Å²) in [7, 11) is 0. The lowest BCUT2D eigenvalue weighted by Crippen LogP contribution is -2.60. The van der Waals surface area contributed by atoms with Crippen LogP contribution in [0.2, 0.25) is 0 Å². The van der Waals surface area contributed by atoms with Crippen LogP contribution in [0.3, 0.4) is 0 Å². The Morgan fingerprint density at radius 3 is 2.81 bits per heavy atom. The lowest BCUT2D eigenvalue weighted by atomic mass is 9.95. The number of ether oxygens (including phenoxy) is 3. The summed E-state index contributed by atoms with van der Waals surface area (Å²) in [6, 6.07) is 5.58. The van der Waals surface area contributed by atoms with Gasteiger partial charge in [-0.2, -0.15) is 9.97 Å². The smallest absolute Gasteiger partial charge is 0.319 e. The summed E-state index contributed by atoms with van der Waals surface area (Å²) >= 11 is 2.35. The van der Waals surface area contributed by atoms with Gasteiger partial charge in [-0.1, -0.05) is 34.6 Å². The van der Waals surface area contributed by atoms with Crippen LogP contribution in [0, 0.1) is 29.4 Å². The highest BCUT2D eigenvalue weighted by atomic mass is 127. The molecule has 2 saturated heterocycles. The maximum Gasteiger partial charge on any atom is 0.319 e. The van der Waals surface area contributed by atoms with Gasteiger partial charge < -0.3 is 34.4 Å². The van der Waals surface area contributed by atoms with Crippen molar-refractivity contribution in [2.45, 2.75) is 31.3 Å². The molecule has 3 fully saturated rings. The van der Waals surface area contributed by atoms with Crippen LogP contribution in [0.4, 0.5) is 14.6 Å². The standard InChI is InChI=1S/C35H35F2IN6O4/c1-2-22-24(36)5-4-20-14-21(45)15-23(27(20)22)30-29(37)31-28-32(44-10-8-39-25(16-38)26(44)17-47-33(28)40-30)42-34(41-31)48-19-35(6-7-35)18-43-9-3-12-46-13-11-43/h1,4-5,14-15,25-26,39,45H,3,6-13,16-19H2/t25-,26+/m0/s1. The van der Waals surface area contributed by atoms with Gasteiger partial charge in [-0.15, -0.1) is 6.42 Å². The van der Waals surface area contributed by atoms with E-state index in [1.54, 1.807) is 0 Å². The van der Waals surface area contributed by atoms with Gasteiger partial charge in [0.15, 0.2) is 5.82 Å². The number of fused-ring (bicyclic) bond motifs is 3. The number of pyridine rings is 1. The number of aromatic hydroxyl groups is 1. The molecule has 0 amide bonds. The number of phenolic OH excluding ortho intramolecular Hbond substituents is 1. The average Bonchev–Trinajstić information content (AvgIpc) is 3.92. The third kappa shape index (κ3) is 5.66. The van der Waals surface area contributed by atoms with E-state index in [-0.39, 0.29) is 69.5 Å². The van der Waals surface area contributed by atoms with Crippen molar-refractivity contribution in [3.63, 3.8) is 0 Å². The summed E-state index contributed by atoms with van der Waals surface area (Å²) < 4.78 is 51.2. The van der Waals surface area contributed by atoms with Crippen molar-refractivity contribution < 1.29 is 28.1 Å². The number of hydrogen-bond acceptors (Lipinski definition) is 10. The molecule has 48 heavy (non-hydrogen) atoms. The van der Waals surface area contributed by atoms with Crippen molar-refractivity contribution in [2.24, 2.45) is 5.41 Å². The van der Waals surface area contributed by atoms with Gasteiger partial charge in [0.2, 0.25) is 5.88 Å². The van der Waals surface area contributed by atoms with Gasteiger partial charge >= 0.3 is 6.01 Å². The SMILES string of the molecule is C#Cc1c(F)ccc2cc(O)cc(-c3nc4c5c(nc(OCC6(CN7CCCOCC7)CC6)nc5c3F)N3CCN[C@@H](CI)[C@H]3CO4)c12. The number of nitrogens with one attached hydrogen (secondary N) is 1. The molecule has 10 nitrogen and oxygen atoms in total. The molecule has 1 saturated carbocycles. The van der Waals surface area contributed by atoms with Gasteiger partial charge in [0.25, 0.3) is 0 Å². The third-order valence-electron chi connectivity index (χ3n) is 9.96. The first-order chi connectivity index (χ1) is 23.4. The Hall–Kier alpha value is -3.58. The minimum Gasteiger partial charge on any atom is -0.508 e. The Morgan fingerprint density at radius 1 is 1.12 bits per heavy atom. The molecule has 3 aliphatic heterocycles. The lowest BCUT2D eigenvalue weighted by molar-refractivity contribution is 0.127. The summed E-state index contributed by atoms with van der Waals surface area (Å²) in [5.74, 6) is 1.51. The van der Waals surface area contributed by atoms with E-state index >= 15 is 4.39 Å². The highest BCUT2D eigenvalue weighted by Gasteiger charge is 2.45. The number of nitrogens with zero attached hydrogens (tertiary/aromatic N) is 5. The van der Waals surface area contributed by atoms with Crippen LogP contribution in [0.5, 0.6) is 17.6 Å². The second kappa shape index (κ2) is 12.7. The molecule has 2 aromatic heterocycles. The molecule has 2 N–H and O–H groups in total. The number of phenols is 1. The molecule has 5 heterocycles. The fraction of sp³-hybridized carbons (Fsp3) is 0.457. The number of piperazine rings is 1. The Bertz CT molecular complexity index is 1950. The van der Waals surface area contributed by atoms with Crippen LogP contribution < -0.4 is 19.7 Å². The third-order valence-corrected chi connectivity index (χ3v) is 10.9. The second-order valence-corrected chi connectivity index (χ2v) is 14.0. The number of alkyl halides is 1. The quantitative estimate of drug-likeness (QED) is 0.157. The van der Waals surface area contributed by atoms with Crippen LogP contribution >= 0.6 is 22.6 Å². The largest absolute Gasteiger partial charge is 0.508 e. The van der Waals surface area contributed by atoms with E-state index in [1.807, 2.05) is 0 Å². The first-order valence-electron chi connectivity index (χ1n) is 16.3. The molecule has 2 atom stereocenters. The van der Waals surface area contributed by atoms with Gasteiger partial charge in [-0.3, -0.25) is 0 Å². The molecule has 0 spiro atoms. The molecule has 0 radical (unpaired) electrons. The first-order valence-corrected chi connectivity index (χ1v) is 17.9. The van der Waals surface area contributed by atoms with E-state index in [0.29, 0.717) is 36.3 Å². The monoisotopic (exact) mass is 768 g/mol. The molecule has 2 aromatic carbocycles.